The van der Waals surface area contributed by atoms with E-state index in [4.69, 9.17) is 4.74 Å². The van der Waals surface area contributed by atoms with Crippen LogP contribution < -0.4 is 4.74 Å². The lowest BCUT2D eigenvalue weighted by Gasteiger charge is -2.12. The molecule has 0 radical (unpaired) electrons. The number of carbonyl (C=O) groups is 1. The standard InChI is InChI=1S/C22H23BrFNO2.ClH/c1-4-13-25(3)14-5-6-15-27-20-12-11-19(16(2)21(20)24)22(26)17-7-9-18(23)10-8-17;/h4-12H,1,13-15H2,2-3H3;1H. The Labute approximate surface area is 180 Å². The molecular weight excluding hydrogens is 445 g/mol. The van der Waals surface area contributed by atoms with Crippen LogP contribution in [0.1, 0.15) is 21.5 Å². The molecule has 0 aliphatic carbocycles. The van der Waals surface area contributed by atoms with Gasteiger partial charge < -0.3 is 4.74 Å². The molecule has 28 heavy (non-hydrogen) atoms. The van der Waals surface area contributed by atoms with Crippen molar-refractivity contribution in [3.63, 3.8) is 0 Å². The summed E-state index contributed by atoms with van der Waals surface area (Å²) >= 11 is 3.34. The molecule has 0 amide bonds. The van der Waals surface area contributed by atoms with Gasteiger partial charge in [-0.1, -0.05) is 34.2 Å². The number of nitrogens with zero attached hydrogens (tertiary/aromatic N) is 1. The first-order chi connectivity index (χ1) is 12.9. The highest BCUT2D eigenvalue weighted by molar-refractivity contribution is 9.10. The van der Waals surface area contributed by atoms with Crippen molar-refractivity contribution in [3.8, 4) is 5.75 Å². The van der Waals surface area contributed by atoms with Crippen LogP contribution in [0.25, 0.3) is 0 Å². The van der Waals surface area contributed by atoms with Gasteiger partial charge in [0.05, 0.1) is 0 Å². The molecule has 2 rings (SSSR count). The van der Waals surface area contributed by atoms with Gasteiger partial charge in [0.1, 0.15) is 6.61 Å². The molecule has 0 unspecified atom stereocenters. The number of hydrogen-bond acceptors (Lipinski definition) is 3. The summed E-state index contributed by atoms with van der Waals surface area (Å²) in [6.45, 7) is 7.10. The second-order valence-corrected chi connectivity index (χ2v) is 7.09. The van der Waals surface area contributed by atoms with Crippen LogP contribution in [0.2, 0.25) is 0 Å². The van der Waals surface area contributed by atoms with E-state index in [2.05, 4.69) is 27.4 Å². The minimum Gasteiger partial charge on any atom is -0.486 e. The third kappa shape index (κ3) is 6.59. The molecular formula is C22H24BrClFNO2. The van der Waals surface area contributed by atoms with Crippen LogP contribution in [0.3, 0.4) is 0 Å². The predicted molar refractivity (Wildman–Crippen MR) is 118 cm³/mol. The van der Waals surface area contributed by atoms with Gasteiger partial charge in [0.2, 0.25) is 0 Å². The fourth-order valence-corrected chi connectivity index (χ4v) is 2.79. The number of ketones is 1. The van der Waals surface area contributed by atoms with Crippen molar-refractivity contribution in [2.24, 2.45) is 0 Å². The molecule has 0 aliphatic rings. The van der Waals surface area contributed by atoms with E-state index in [9.17, 15) is 9.18 Å². The van der Waals surface area contributed by atoms with E-state index in [0.717, 1.165) is 17.6 Å². The summed E-state index contributed by atoms with van der Waals surface area (Å²) in [4.78, 5) is 14.7. The molecule has 0 fully saturated rings. The van der Waals surface area contributed by atoms with Crippen molar-refractivity contribution in [3.05, 3.63) is 88.2 Å². The molecule has 3 nitrogen and oxygen atoms in total. The molecule has 6 heteroatoms. The first kappa shape index (κ1) is 24.1. The van der Waals surface area contributed by atoms with Gasteiger partial charge in [0.25, 0.3) is 0 Å². The highest BCUT2D eigenvalue weighted by atomic mass is 79.9. The zero-order chi connectivity index (χ0) is 19.8. The Morgan fingerprint density at radius 2 is 1.86 bits per heavy atom. The Morgan fingerprint density at radius 1 is 1.18 bits per heavy atom. The minimum atomic E-state index is -0.505. The van der Waals surface area contributed by atoms with E-state index in [0.29, 0.717) is 11.1 Å². The van der Waals surface area contributed by atoms with Crippen molar-refractivity contribution in [2.45, 2.75) is 6.92 Å². The predicted octanol–water partition coefficient (Wildman–Crippen LogP) is 5.60. The summed E-state index contributed by atoms with van der Waals surface area (Å²) < 4.78 is 21.0. The molecule has 150 valence electrons. The molecule has 0 aliphatic heterocycles. The molecule has 0 aromatic heterocycles. The number of ether oxygens (including phenoxy) is 1. The third-order valence-corrected chi connectivity index (χ3v) is 4.59. The van der Waals surface area contributed by atoms with Crippen LogP contribution in [-0.4, -0.2) is 37.4 Å². The average molecular weight is 469 g/mol. The Morgan fingerprint density at radius 3 is 2.50 bits per heavy atom. The smallest absolute Gasteiger partial charge is 0.193 e. The van der Waals surface area contributed by atoms with E-state index in [1.807, 2.05) is 25.3 Å². The molecule has 0 saturated carbocycles. The van der Waals surface area contributed by atoms with E-state index in [1.54, 1.807) is 37.3 Å². The lowest BCUT2D eigenvalue weighted by molar-refractivity contribution is 0.103. The molecule has 2 aromatic carbocycles. The number of carbonyl (C=O) groups excluding carboxylic acids is 1. The topological polar surface area (TPSA) is 29.5 Å². The molecule has 0 heterocycles. The first-order valence-corrected chi connectivity index (χ1v) is 9.40. The summed E-state index contributed by atoms with van der Waals surface area (Å²) in [6, 6.07) is 10.1. The molecule has 0 atom stereocenters. The fraction of sp³-hybridized carbons (Fsp3) is 0.227. The van der Waals surface area contributed by atoms with Gasteiger partial charge >= 0.3 is 0 Å². The average Bonchev–Trinajstić information content (AvgIpc) is 2.65. The van der Waals surface area contributed by atoms with Gasteiger partial charge in [-0.15, -0.1) is 19.0 Å². The van der Waals surface area contributed by atoms with Crippen molar-refractivity contribution in [1.29, 1.82) is 0 Å². The molecule has 2 aromatic rings. The highest BCUT2D eigenvalue weighted by Crippen LogP contribution is 2.25. The van der Waals surface area contributed by atoms with Crippen molar-refractivity contribution in [2.75, 3.05) is 26.7 Å². The number of benzene rings is 2. The second-order valence-electron chi connectivity index (χ2n) is 6.18. The molecule has 0 N–H and O–H groups in total. The molecule has 0 saturated heterocycles. The van der Waals surface area contributed by atoms with Crippen LogP contribution in [0.5, 0.6) is 5.75 Å². The maximum absolute atomic E-state index is 14.6. The minimum absolute atomic E-state index is 0. The number of halogens is 3. The monoisotopic (exact) mass is 467 g/mol. The van der Waals surface area contributed by atoms with E-state index in [1.165, 1.54) is 6.07 Å². The quantitative estimate of drug-likeness (QED) is 0.354. The summed E-state index contributed by atoms with van der Waals surface area (Å²) in [5.74, 6) is -0.574. The van der Waals surface area contributed by atoms with Crippen LogP contribution in [-0.2, 0) is 0 Å². The lowest BCUT2D eigenvalue weighted by Crippen LogP contribution is -2.17. The largest absolute Gasteiger partial charge is 0.486 e. The summed E-state index contributed by atoms with van der Waals surface area (Å²) in [6.07, 6.45) is 5.63. The van der Waals surface area contributed by atoms with Crippen molar-refractivity contribution < 1.29 is 13.9 Å². The van der Waals surface area contributed by atoms with Crippen LogP contribution in [0.15, 0.2) is 65.7 Å². The zero-order valence-electron chi connectivity index (χ0n) is 16.0. The van der Waals surface area contributed by atoms with Gasteiger partial charge in [0.15, 0.2) is 17.3 Å². The van der Waals surface area contributed by atoms with Gasteiger partial charge in [-0.25, -0.2) is 4.39 Å². The number of hydrogen-bond donors (Lipinski definition) is 0. The highest BCUT2D eigenvalue weighted by Gasteiger charge is 2.17. The Balaban J connectivity index is 0.00000392. The maximum atomic E-state index is 14.6. The lowest BCUT2D eigenvalue weighted by atomic mass is 9.98. The Kier molecular flexibility index (Phi) is 10.1. The van der Waals surface area contributed by atoms with Crippen LogP contribution in [0.4, 0.5) is 4.39 Å². The number of likely N-dealkylation sites (N-methyl/N-ethyl adjacent to an activating group) is 1. The van der Waals surface area contributed by atoms with Crippen LogP contribution in [0, 0.1) is 12.7 Å². The SMILES string of the molecule is C=CCN(C)CC=CCOc1ccc(C(=O)c2ccc(Br)cc2)c(C)c1F.Cl. The Bertz CT molecular complexity index is 837. The number of rotatable bonds is 9. The van der Waals surface area contributed by atoms with E-state index >= 15 is 0 Å². The van der Waals surface area contributed by atoms with E-state index < -0.39 is 5.82 Å². The van der Waals surface area contributed by atoms with Crippen molar-refractivity contribution >= 4 is 34.1 Å². The van der Waals surface area contributed by atoms with Crippen LogP contribution >= 0.6 is 28.3 Å². The third-order valence-electron chi connectivity index (χ3n) is 4.06. The molecule has 0 bridgehead atoms. The summed E-state index contributed by atoms with van der Waals surface area (Å²) in [5, 5.41) is 0. The second kappa shape index (κ2) is 11.8. The Hall–Kier alpha value is -1.95. The summed E-state index contributed by atoms with van der Waals surface area (Å²) in [5.41, 5.74) is 1.14. The summed E-state index contributed by atoms with van der Waals surface area (Å²) in [7, 11) is 1.98. The van der Waals surface area contributed by atoms with Gasteiger partial charge in [-0.05, 0) is 55.9 Å². The maximum Gasteiger partial charge on any atom is 0.193 e. The fourth-order valence-electron chi connectivity index (χ4n) is 2.53. The first-order valence-electron chi connectivity index (χ1n) is 8.60. The van der Waals surface area contributed by atoms with Gasteiger partial charge in [-0.2, -0.15) is 0 Å². The van der Waals surface area contributed by atoms with Gasteiger partial charge in [-0.3, -0.25) is 9.69 Å². The van der Waals surface area contributed by atoms with Crippen molar-refractivity contribution in [1.82, 2.24) is 4.90 Å². The molecule has 0 spiro atoms. The van der Waals surface area contributed by atoms with E-state index in [-0.39, 0.29) is 36.1 Å². The normalized spacial score (nSPS) is 10.8. The van der Waals surface area contributed by atoms with Gasteiger partial charge in [0, 0.05) is 28.7 Å². The zero-order valence-corrected chi connectivity index (χ0v) is 18.4.